The van der Waals surface area contributed by atoms with E-state index >= 15 is 0 Å². The highest BCUT2D eigenvalue weighted by molar-refractivity contribution is 5.94. The van der Waals surface area contributed by atoms with Gasteiger partial charge in [0.15, 0.2) is 0 Å². The SMILES string of the molecule is CCOCCOc1ccc(OC(=O)c2ccc(OC)cc2)cc1.N#Cc1ccc(OC(=O)c2ccc(CO)cc2O)cc1. The monoisotopic (exact) mass is 585 g/mol. The van der Waals surface area contributed by atoms with Gasteiger partial charge in [0.25, 0.3) is 0 Å². The predicted octanol–water partition coefficient (Wildman–Crippen LogP) is 5.31. The first kappa shape index (κ1) is 32.1. The summed E-state index contributed by atoms with van der Waals surface area (Å²) < 4.78 is 26.1. The topological polar surface area (TPSA) is 145 Å². The summed E-state index contributed by atoms with van der Waals surface area (Å²) in [7, 11) is 1.57. The number of ether oxygens (including phenoxy) is 5. The van der Waals surface area contributed by atoms with Crippen LogP contribution in [0.5, 0.6) is 28.7 Å². The van der Waals surface area contributed by atoms with E-state index in [9.17, 15) is 14.7 Å². The van der Waals surface area contributed by atoms with Crippen LogP contribution in [0.25, 0.3) is 0 Å². The van der Waals surface area contributed by atoms with Crippen LogP contribution in [-0.2, 0) is 11.3 Å². The number of aliphatic hydroxyl groups excluding tert-OH is 1. The summed E-state index contributed by atoms with van der Waals surface area (Å²) in [5, 5.41) is 27.3. The van der Waals surface area contributed by atoms with E-state index in [0.29, 0.717) is 53.8 Å². The Bertz CT molecular complexity index is 1510. The van der Waals surface area contributed by atoms with Gasteiger partial charge in [0.2, 0.25) is 0 Å². The standard InChI is InChI=1S/C18H20O5.C15H11NO4/c1-3-21-12-13-22-16-8-10-17(11-9-16)23-18(19)14-4-6-15(20-2)7-5-14;16-8-10-1-4-12(5-2-10)20-15(19)13-6-3-11(9-17)7-14(13)18/h4-11H,3,12-13H2,1-2H3;1-7,17-18H,9H2. The molecular weight excluding hydrogens is 554 g/mol. The molecule has 0 radical (unpaired) electrons. The molecule has 0 atom stereocenters. The Morgan fingerprint density at radius 2 is 1.35 bits per heavy atom. The normalized spacial score (nSPS) is 10.0. The maximum Gasteiger partial charge on any atom is 0.347 e. The van der Waals surface area contributed by atoms with Gasteiger partial charge in [-0.25, -0.2) is 9.59 Å². The first-order valence-corrected chi connectivity index (χ1v) is 13.2. The number of benzene rings is 4. The fourth-order valence-corrected chi connectivity index (χ4v) is 3.47. The number of methoxy groups -OCH3 is 1. The van der Waals surface area contributed by atoms with Gasteiger partial charge in [-0.15, -0.1) is 0 Å². The Balaban J connectivity index is 0.000000238. The second-order valence-corrected chi connectivity index (χ2v) is 8.67. The Kier molecular flexibility index (Phi) is 12.6. The van der Waals surface area contributed by atoms with Crippen molar-refractivity contribution in [2.45, 2.75) is 13.5 Å². The van der Waals surface area contributed by atoms with Gasteiger partial charge < -0.3 is 33.9 Å². The van der Waals surface area contributed by atoms with Crippen LogP contribution in [0.4, 0.5) is 0 Å². The third-order valence-corrected chi connectivity index (χ3v) is 5.72. The maximum absolute atomic E-state index is 12.0. The van der Waals surface area contributed by atoms with Crippen LogP contribution in [0, 0.1) is 11.3 Å². The quantitative estimate of drug-likeness (QED) is 0.135. The van der Waals surface area contributed by atoms with E-state index in [1.54, 1.807) is 55.6 Å². The smallest absolute Gasteiger partial charge is 0.347 e. The summed E-state index contributed by atoms with van der Waals surface area (Å²) in [6, 6.07) is 25.8. The lowest BCUT2D eigenvalue weighted by Gasteiger charge is -2.08. The van der Waals surface area contributed by atoms with Crippen LogP contribution < -0.4 is 18.9 Å². The van der Waals surface area contributed by atoms with Gasteiger partial charge in [0, 0.05) is 6.61 Å². The molecule has 222 valence electrons. The molecule has 10 heteroatoms. The molecule has 43 heavy (non-hydrogen) atoms. The molecule has 4 rings (SSSR count). The van der Waals surface area contributed by atoms with Crippen molar-refractivity contribution < 1.29 is 43.5 Å². The van der Waals surface area contributed by atoms with Gasteiger partial charge in [-0.05, 0) is 97.4 Å². The largest absolute Gasteiger partial charge is 0.507 e. The number of phenolic OH excluding ortho intramolecular Hbond substituents is 1. The molecule has 0 unspecified atom stereocenters. The number of nitrogens with zero attached hydrogens (tertiary/aromatic N) is 1. The second-order valence-electron chi connectivity index (χ2n) is 8.67. The number of hydrogen-bond acceptors (Lipinski definition) is 10. The number of nitriles is 1. The highest BCUT2D eigenvalue weighted by Gasteiger charge is 2.14. The Morgan fingerprint density at radius 3 is 1.91 bits per heavy atom. The van der Waals surface area contributed by atoms with Crippen LogP contribution in [0.1, 0.15) is 38.8 Å². The number of aliphatic hydroxyl groups is 1. The number of hydrogen-bond donors (Lipinski definition) is 2. The highest BCUT2D eigenvalue weighted by Crippen LogP contribution is 2.22. The van der Waals surface area contributed by atoms with E-state index < -0.39 is 11.9 Å². The molecule has 0 fully saturated rings. The Hall–Kier alpha value is -5.37. The molecule has 0 aromatic heterocycles. The van der Waals surface area contributed by atoms with E-state index in [2.05, 4.69) is 0 Å². The summed E-state index contributed by atoms with van der Waals surface area (Å²) >= 11 is 0. The molecule has 0 saturated heterocycles. The fraction of sp³-hybridized carbons (Fsp3) is 0.182. The highest BCUT2D eigenvalue weighted by atomic mass is 16.5. The van der Waals surface area contributed by atoms with Crippen molar-refractivity contribution in [1.29, 1.82) is 5.26 Å². The molecule has 0 amide bonds. The first-order chi connectivity index (χ1) is 20.9. The number of aromatic hydroxyl groups is 1. The number of carbonyl (C=O) groups is 2. The lowest BCUT2D eigenvalue weighted by Crippen LogP contribution is -2.09. The second kappa shape index (κ2) is 16.8. The third kappa shape index (κ3) is 10.2. The van der Waals surface area contributed by atoms with Gasteiger partial charge in [0.05, 0.1) is 37.5 Å². The number of esters is 2. The number of carbonyl (C=O) groups excluding carboxylic acids is 2. The zero-order valence-corrected chi connectivity index (χ0v) is 23.7. The Labute approximate surface area is 249 Å². The summed E-state index contributed by atoms with van der Waals surface area (Å²) in [5.74, 6) is 0.747. The average Bonchev–Trinajstić information content (AvgIpc) is 3.04. The molecular formula is C33H31NO9. The molecule has 4 aromatic carbocycles. The lowest BCUT2D eigenvalue weighted by molar-refractivity contribution is 0.0723. The lowest BCUT2D eigenvalue weighted by atomic mass is 10.1. The van der Waals surface area contributed by atoms with Crippen LogP contribution in [-0.4, -0.2) is 49.1 Å². The molecule has 0 bridgehead atoms. The molecule has 4 aromatic rings. The average molecular weight is 586 g/mol. The van der Waals surface area contributed by atoms with Crippen LogP contribution in [0.15, 0.2) is 91.0 Å². The first-order valence-electron chi connectivity index (χ1n) is 13.2. The summed E-state index contributed by atoms with van der Waals surface area (Å²) in [4.78, 5) is 23.9. The zero-order chi connectivity index (χ0) is 31.0. The number of rotatable bonds is 11. The van der Waals surface area contributed by atoms with Crippen molar-refractivity contribution >= 4 is 11.9 Å². The molecule has 0 spiro atoms. The van der Waals surface area contributed by atoms with Crippen molar-refractivity contribution in [2.24, 2.45) is 0 Å². The maximum atomic E-state index is 12.0. The van der Waals surface area contributed by atoms with Crippen LogP contribution in [0.3, 0.4) is 0 Å². The van der Waals surface area contributed by atoms with Crippen LogP contribution >= 0.6 is 0 Å². The van der Waals surface area contributed by atoms with E-state index in [4.69, 9.17) is 34.1 Å². The van der Waals surface area contributed by atoms with Crippen molar-refractivity contribution in [2.75, 3.05) is 26.9 Å². The molecule has 0 aliphatic rings. The van der Waals surface area contributed by atoms with E-state index in [-0.39, 0.29) is 23.7 Å². The zero-order valence-electron chi connectivity index (χ0n) is 23.7. The van der Waals surface area contributed by atoms with Crippen molar-refractivity contribution in [3.63, 3.8) is 0 Å². The van der Waals surface area contributed by atoms with Gasteiger partial charge >= 0.3 is 11.9 Å². The third-order valence-electron chi connectivity index (χ3n) is 5.72. The van der Waals surface area contributed by atoms with E-state index in [0.717, 1.165) is 0 Å². The minimum Gasteiger partial charge on any atom is -0.507 e. The summed E-state index contributed by atoms with van der Waals surface area (Å²) in [5.41, 5.74) is 1.42. The van der Waals surface area contributed by atoms with Gasteiger partial charge in [0.1, 0.15) is 40.9 Å². The Morgan fingerprint density at radius 1 is 0.767 bits per heavy atom. The fourth-order valence-electron chi connectivity index (χ4n) is 3.47. The molecule has 0 heterocycles. The molecule has 0 aliphatic carbocycles. The van der Waals surface area contributed by atoms with Gasteiger partial charge in [-0.1, -0.05) is 6.07 Å². The molecule has 2 N–H and O–H groups in total. The van der Waals surface area contributed by atoms with E-state index in [1.807, 2.05) is 13.0 Å². The van der Waals surface area contributed by atoms with Crippen LogP contribution in [0.2, 0.25) is 0 Å². The minimum absolute atomic E-state index is 0.00607. The van der Waals surface area contributed by atoms with Crippen molar-refractivity contribution in [3.05, 3.63) is 113 Å². The summed E-state index contributed by atoms with van der Waals surface area (Å²) in [6.07, 6.45) is 0. The molecule has 10 nitrogen and oxygen atoms in total. The van der Waals surface area contributed by atoms with E-state index in [1.165, 1.54) is 42.5 Å². The minimum atomic E-state index is -0.711. The number of phenols is 1. The molecule has 0 saturated carbocycles. The summed E-state index contributed by atoms with van der Waals surface area (Å²) in [6.45, 7) is 3.41. The van der Waals surface area contributed by atoms with Crippen molar-refractivity contribution in [1.82, 2.24) is 0 Å². The predicted molar refractivity (Wildman–Crippen MR) is 157 cm³/mol. The molecule has 0 aliphatic heterocycles. The van der Waals surface area contributed by atoms with Gasteiger partial charge in [-0.3, -0.25) is 0 Å². The van der Waals surface area contributed by atoms with Gasteiger partial charge in [-0.2, -0.15) is 5.26 Å². The van der Waals surface area contributed by atoms with Crippen molar-refractivity contribution in [3.8, 4) is 34.8 Å².